The minimum absolute atomic E-state index is 0.0131. The molecule has 0 unspecified atom stereocenters. The Morgan fingerprint density at radius 2 is 1.72 bits per heavy atom. The standard InChI is InChI=1S/C19H18O6/c1-5-19(2,3)9-8-12(22)17(24-4)14-15(23)13-10(20)6-7-11(21)18(13)25-16(9)14/h5-8,20-22H,1H2,2-4H3. The SMILES string of the molecule is C=CC(C)(C)c1cc(O)c(OC)c2c(=O)c3c(O)ccc(O)c3oc12. The van der Waals surface area contributed by atoms with Crippen molar-refractivity contribution in [2.45, 2.75) is 19.3 Å². The first-order valence-electron chi connectivity index (χ1n) is 7.58. The van der Waals surface area contributed by atoms with E-state index in [4.69, 9.17) is 9.15 Å². The highest BCUT2D eigenvalue weighted by atomic mass is 16.5. The van der Waals surface area contributed by atoms with Crippen molar-refractivity contribution in [2.75, 3.05) is 7.11 Å². The highest BCUT2D eigenvalue weighted by Gasteiger charge is 2.28. The van der Waals surface area contributed by atoms with Crippen LogP contribution >= 0.6 is 0 Å². The van der Waals surface area contributed by atoms with E-state index in [1.54, 1.807) is 6.08 Å². The summed E-state index contributed by atoms with van der Waals surface area (Å²) in [5.41, 5.74) is -0.738. The number of phenolic OH excluding ortho intramolecular Hbond substituents is 3. The number of fused-ring (bicyclic) bond motifs is 2. The third-order valence-corrected chi connectivity index (χ3v) is 4.39. The van der Waals surface area contributed by atoms with Crippen LogP contribution in [0.5, 0.6) is 23.0 Å². The highest BCUT2D eigenvalue weighted by Crippen LogP contribution is 2.43. The first-order chi connectivity index (χ1) is 11.7. The number of ether oxygens (including phenoxy) is 1. The maximum Gasteiger partial charge on any atom is 0.208 e. The average molecular weight is 342 g/mol. The molecular formula is C19H18O6. The lowest BCUT2D eigenvalue weighted by Gasteiger charge is -2.23. The summed E-state index contributed by atoms with van der Waals surface area (Å²) in [5, 5.41) is 30.2. The molecule has 1 heterocycles. The van der Waals surface area contributed by atoms with E-state index in [9.17, 15) is 20.1 Å². The Bertz CT molecular complexity index is 1080. The second kappa shape index (κ2) is 5.44. The molecule has 3 rings (SSSR count). The number of rotatable bonds is 3. The van der Waals surface area contributed by atoms with Crippen molar-refractivity contribution < 1.29 is 24.5 Å². The van der Waals surface area contributed by atoms with Gasteiger partial charge in [0.1, 0.15) is 22.1 Å². The molecule has 0 aliphatic heterocycles. The maximum absolute atomic E-state index is 13.0. The lowest BCUT2D eigenvalue weighted by atomic mass is 9.83. The number of phenols is 3. The van der Waals surface area contributed by atoms with Crippen LogP contribution in [-0.2, 0) is 5.41 Å². The van der Waals surface area contributed by atoms with E-state index in [2.05, 4.69) is 6.58 Å². The molecule has 0 saturated carbocycles. The first-order valence-corrected chi connectivity index (χ1v) is 7.58. The Hall–Kier alpha value is -3.15. The summed E-state index contributed by atoms with van der Waals surface area (Å²) in [7, 11) is 1.32. The molecular weight excluding hydrogens is 324 g/mol. The summed E-state index contributed by atoms with van der Waals surface area (Å²) in [4.78, 5) is 13.0. The van der Waals surface area contributed by atoms with Gasteiger partial charge in [0.15, 0.2) is 22.8 Å². The minimum Gasteiger partial charge on any atom is -0.507 e. The Kier molecular flexibility index (Phi) is 3.64. The zero-order chi connectivity index (χ0) is 18.5. The monoisotopic (exact) mass is 342 g/mol. The van der Waals surface area contributed by atoms with Gasteiger partial charge in [0, 0.05) is 11.0 Å². The average Bonchev–Trinajstić information content (AvgIpc) is 2.58. The molecule has 3 N–H and O–H groups in total. The van der Waals surface area contributed by atoms with Gasteiger partial charge in [0.2, 0.25) is 5.43 Å². The van der Waals surface area contributed by atoms with Crippen LogP contribution in [0.15, 0.2) is 40.1 Å². The van der Waals surface area contributed by atoms with Crippen molar-refractivity contribution in [1.29, 1.82) is 0 Å². The van der Waals surface area contributed by atoms with Gasteiger partial charge in [-0.1, -0.05) is 19.9 Å². The fraction of sp³-hybridized carbons (Fsp3) is 0.211. The van der Waals surface area contributed by atoms with Gasteiger partial charge >= 0.3 is 0 Å². The third-order valence-electron chi connectivity index (χ3n) is 4.39. The fourth-order valence-corrected chi connectivity index (χ4v) is 2.85. The Morgan fingerprint density at radius 3 is 2.32 bits per heavy atom. The smallest absolute Gasteiger partial charge is 0.208 e. The molecule has 0 fully saturated rings. The lowest BCUT2D eigenvalue weighted by molar-refractivity contribution is 0.376. The molecule has 2 aromatic carbocycles. The molecule has 0 spiro atoms. The number of aromatic hydroxyl groups is 3. The van der Waals surface area contributed by atoms with Crippen LogP contribution in [0.25, 0.3) is 21.9 Å². The van der Waals surface area contributed by atoms with E-state index in [1.165, 1.54) is 25.3 Å². The molecule has 6 heteroatoms. The third kappa shape index (κ3) is 2.29. The van der Waals surface area contributed by atoms with Crippen LogP contribution in [-0.4, -0.2) is 22.4 Å². The number of methoxy groups -OCH3 is 1. The van der Waals surface area contributed by atoms with E-state index >= 15 is 0 Å². The largest absolute Gasteiger partial charge is 0.507 e. The van der Waals surface area contributed by atoms with Gasteiger partial charge < -0.3 is 24.5 Å². The topological polar surface area (TPSA) is 100 Å². The molecule has 25 heavy (non-hydrogen) atoms. The van der Waals surface area contributed by atoms with E-state index in [0.717, 1.165) is 0 Å². The molecule has 0 amide bonds. The van der Waals surface area contributed by atoms with Crippen LogP contribution in [0.2, 0.25) is 0 Å². The minimum atomic E-state index is -0.641. The van der Waals surface area contributed by atoms with Crippen molar-refractivity contribution in [3.63, 3.8) is 0 Å². The molecule has 3 aromatic rings. The van der Waals surface area contributed by atoms with Crippen LogP contribution in [0.1, 0.15) is 19.4 Å². The van der Waals surface area contributed by atoms with Gasteiger partial charge in [-0.15, -0.1) is 6.58 Å². The molecule has 0 radical (unpaired) electrons. The second-order valence-electron chi connectivity index (χ2n) is 6.35. The van der Waals surface area contributed by atoms with E-state index in [1.807, 2.05) is 13.8 Å². The van der Waals surface area contributed by atoms with Crippen LogP contribution < -0.4 is 10.2 Å². The zero-order valence-electron chi connectivity index (χ0n) is 14.1. The quantitative estimate of drug-likeness (QED) is 0.382. The van der Waals surface area contributed by atoms with Crippen LogP contribution in [0, 0.1) is 0 Å². The molecule has 0 aliphatic rings. The van der Waals surface area contributed by atoms with Crippen molar-refractivity contribution in [3.8, 4) is 23.0 Å². The summed E-state index contributed by atoms with van der Waals surface area (Å²) in [6.45, 7) is 7.46. The molecule has 6 nitrogen and oxygen atoms in total. The molecule has 1 aromatic heterocycles. The number of hydrogen-bond acceptors (Lipinski definition) is 6. The summed E-state index contributed by atoms with van der Waals surface area (Å²) < 4.78 is 11.0. The molecule has 0 saturated heterocycles. The van der Waals surface area contributed by atoms with Crippen LogP contribution in [0.3, 0.4) is 0 Å². The van der Waals surface area contributed by atoms with E-state index in [0.29, 0.717) is 5.56 Å². The van der Waals surface area contributed by atoms with E-state index in [-0.39, 0.29) is 44.9 Å². The molecule has 0 bridgehead atoms. The second-order valence-corrected chi connectivity index (χ2v) is 6.35. The summed E-state index contributed by atoms with van der Waals surface area (Å²) in [6.07, 6.45) is 1.65. The van der Waals surface area contributed by atoms with Gasteiger partial charge in [0.25, 0.3) is 0 Å². The number of benzene rings is 2. The van der Waals surface area contributed by atoms with E-state index < -0.39 is 10.8 Å². The van der Waals surface area contributed by atoms with Gasteiger partial charge in [0.05, 0.1) is 7.11 Å². The van der Waals surface area contributed by atoms with Gasteiger partial charge in [-0.25, -0.2) is 0 Å². The maximum atomic E-state index is 13.0. The summed E-state index contributed by atoms with van der Waals surface area (Å²) in [5.74, 6) is -0.900. The summed E-state index contributed by atoms with van der Waals surface area (Å²) in [6, 6.07) is 3.88. The Morgan fingerprint density at radius 1 is 1.08 bits per heavy atom. The number of allylic oxidation sites excluding steroid dienone is 1. The zero-order valence-corrected chi connectivity index (χ0v) is 14.1. The van der Waals surface area contributed by atoms with Gasteiger partial charge in [-0.05, 0) is 18.2 Å². The Balaban J connectivity index is 2.70. The first kappa shape index (κ1) is 16.7. The van der Waals surface area contributed by atoms with Crippen LogP contribution in [0.4, 0.5) is 0 Å². The summed E-state index contributed by atoms with van der Waals surface area (Å²) >= 11 is 0. The molecule has 130 valence electrons. The molecule has 0 aliphatic carbocycles. The highest BCUT2D eigenvalue weighted by molar-refractivity contribution is 6.00. The predicted octanol–water partition coefficient (Wildman–Crippen LogP) is 3.54. The Labute approximate surface area is 143 Å². The normalized spacial score (nSPS) is 11.8. The van der Waals surface area contributed by atoms with Crippen molar-refractivity contribution in [1.82, 2.24) is 0 Å². The van der Waals surface area contributed by atoms with Crippen molar-refractivity contribution >= 4 is 21.9 Å². The van der Waals surface area contributed by atoms with Gasteiger partial charge in [-0.2, -0.15) is 0 Å². The van der Waals surface area contributed by atoms with Crippen molar-refractivity contribution in [3.05, 3.63) is 46.6 Å². The fourth-order valence-electron chi connectivity index (χ4n) is 2.85. The van der Waals surface area contributed by atoms with Crippen molar-refractivity contribution in [2.24, 2.45) is 0 Å². The molecule has 0 atom stereocenters. The number of hydrogen-bond donors (Lipinski definition) is 3. The predicted molar refractivity (Wildman–Crippen MR) is 94.8 cm³/mol. The van der Waals surface area contributed by atoms with Gasteiger partial charge in [-0.3, -0.25) is 4.79 Å². The lowest BCUT2D eigenvalue weighted by Crippen LogP contribution is -2.16.